The molecule has 0 radical (unpaired) electrons. The van der Waals surface area contributed by atoms with Gasteiger partial charge in [0.25, 0.3) is 5.56 Å². The molecule has 0 spiro atoms. The fourth-order valence-corrected chi connectivity index (χ4v) is 3.85. The van der Waals surface area contributed by atoms with E-state index in [0.29, 0.717) is 26.2 Å². The Kier molecular flexibility index (Phi) is 5.51. The summed E-state index contributed by atoms with van der Waals surface area (Å²) in [4.78, 5) is 26.3. The molecule has 26 heavy (non-hydrogen) atoms. The first kappa shape index (κ1) is 18.7. The van der Waals surface area contributed by atoms with Crippen LogP contribution in [0, 0.1) is 6.92 Å². The molecule has 0 aliphatic rings. The Balaban J connectivity index is 2.25. The fourth-order valence-electron chi connectivity index (χ4n) is 2.46. The summed E-state index contributed by atoms with van der Waals surface area (Å²) >= 11 is 13.5. The number of nitrogens with zero attached hydrogens (tertiary/aromatic N) is 2. The Morgan fingerprint density at radius 2 is 1.85 bits per heavy atom. The number of carbonyl (C=O) groups excluding carboxylic acids is 1. The van der Waals surface area contributed by atoms with Crippen LogP contribution in [0.25, 0.3) is 5.69 Å². The highest BCUT2D eigenvalue weighted by atomic mass is 35.5. The Morgan fingerprint density at radius 1 is 1.12 bits per heavy atom. The van der Waals surface area contributed by atoms with Crippen molar-refractivity contribution in [1.29, 1.82) is 0 Å². The number of hydrogen-bond donors (Lipinski definition) is 0. The van der Waals surface area contributed by atoms with Crippen LogP contribution in [0.4, 0.5) is 0 Å². The zero-order chi connectivity index (χ0) is 18.8. The largest absolute Gasteiger partial charge is 0.293 e. The van der Waals surface area contributed by atoms with Crippen LogP contribution in [0.1, 0.15) is 23.0 Å². The maximum Gasteiger partial charge on any atom is 0.285 e. The number of aromatic nitrogens is 2. The third-order valence-corrected chi connectivity index (χ3v) is 5.65. The summed E-state index contributed by atoms with van der Waals surface area (Å²) in [5, 5.41) is 5.26. The summed E-state index contributed by atoms with van der Waals surface area (Å²) in [6.07, 6.45) is 0. The van der Waals surface area contributed by atoms with Gasteiger partial charge in [-0.2, -0.15) is 9.78 Å². The average Bonchev–Trinajstić information content (AvgIpc) is 2.60. The van der Waals surface area contributed by atoms with Gasteiger partial charge >= 0.3 is 0 Å². The van der Waals surface area contributed by atoms with Crippen LogP contribution in [0.15, 0.2) is 63.1 Å². The van der Waals surface area contributed by atoms with Gasteiger partial charge in [-0.05, 0) is 42.8 Å². The smallest absolute Gasteiger partial charge is 0.285 e. The van der Waals surface area contributed by atoms with Gasteiger partial charge in [-0.25, -0.2) is 0 Å². The second-order valence-corrected chi connectivity index (χ2v) is 7.48. The molecule has 0 fully saturated rings. The standard InChI is InChI=1S/C19H14Cl2N2O2S/c1-11-17(12(2)24)22-23(14-7-5-6-13(20)10-14)19(25)18(11)26-16-9-4-3-8-15(16)21/h3-10H,1-2H3. The van der Waals surface area contributed by atoms with E-state index in [9.17, 15) is 9.59 Å². The molecule has 0 N–H and O–H groups in total. The number of hydrogen-bond acceptors (Lipinski definition) is 4. The van der Waals surface area contributed by atoms with Crippen molar-refractivity contribution in [3.8, 4) is 5.69 Å². The number of ketones is 1. The van der Waals surface area contributed by atoms with Gasteiger partial charge in [0.15, 0.2) is 5.78 Å². The maximum atomic E-state index is 13.1. The molecule has 3 aromatic rings. The van der Waals surface area contributed by atoms with Crippen LogP contribution in [-0.4, -0.2) is 15.6 Å². The van der Waals surface area contributed by atoms with Gasteiger partial charge in [0.05, 0.1) is 15.6 Å². The SMILES string of the molecule is CC(=O)c1nn(-c2cccc(Cl)c2)c(=O)c(Sc2ccccc2Cl)c1C. The summed E-state index contributed by atoms with van der Waals surface area (Å²) in [7, 11) is 0. The molecule has 0 bridgehead atoms. The Morgan fingerprint density at radius 3 is 2.50 bits per heavy atom. The van der Waals surface area contributed by atoms with E-state index in [1.165, 1.54) is 23.4 Å². The van der Waals surface area contributed by atoms with Crippen molar-refractivity contribution >= 4 is 40.7 Å². The van der Waals surface area contributed by atoms with Crippen molar-refractivity contribution in [1.82, 2.24) is 9.78 Å². The molecule has 0 amide bonds. The molecule has 0 atom stereocenters. The minimum Gasteiger partial charge on any atom is -0.293 e. The second kappa shape index (κ2) is 7.66. The van der Waals surface area contributed by atoms with E-state index in [2.05, 4.69) is 5.10 Å². The lowest BCUT2D eigenvalue weighted by Gasteiger charge is -2.13. The van der Waals surface area contributed by atoms with E-state index >= 15 is 0 Å². The molecule has 4 nitrogen and oxygen atoms in total. The van der Waals surface area contributed by atoms with Gasteiger partial charge in [0.2, 0.25) is 0 Å². The van der Waals surface area contributed by atoms with Gasteiger partial charge in [-0.1, -0.05) is 53.2 Å². The van der Waals surface area contributed by atoms with E-state index in [-0.39, 0.29) is 17.0 Å². The highest BCUT2D eigenvalue weighted by Gasteiger charge is 2.19. The van der Waals surface area contributed by atoms with E-state index in [0.717, 1.165) is 4.90 Å². The van der Waals surface area contributed by atoms with Crippen LogP contribution in [0.5, 0.6) is 0 Å². The topological polar surface area (TPSA) is 52.0 Å². The van der Waals surface area contributed by atoms with E-state index < -0.39 is 0 Å². The van der Waals surface area contributed by atoms with Crippen LogP contribution in [0.2, 0.25) is 10.0 Å². The number of halogens is 2. The van der Waals surface area contributed by atoms with Crippen LogP contribution < -0.4 is 5.56 Å². The first-order valence-electron chi connectivity index (χ1n) is 7.71. The molecule has 0 saturated carbocycles. The molecule has 7 heteroatoms. The van der Waals surface area contributed by atoms with Crippen LogP contribution in [0.3, 0.4) is 0 Å². The maximum absolute atomic E-state index is 13.1. The molecule has 1 heterocycles. The molecular weight excluding hydrogens is 391 g/mol. The van der Waals surface area contributed by atoms with Gasteiger partial charge in [0, 0.05) is 16.8 Å². The van der Waals surface area contributed by atoms with Crippen LogP contribution in [-0.2, 0) is 0 Å². The summed E-state index contributed by atoms with van der Waals surface area (Å²) in [6, 6.07) is 14.0. The Bertz CT molecular complexity index is 1060. The fraction of sp³-hybridized carbons (Fsp3) is 0.105. The minimum atomic E-state index is -0.334. The molecule has 0 aliphatic carbocycles. The monoisotopic (exact) mass is 404 g/mol. The number of rotatable bonds is 4. The van der Waals surface area contributed by atoms with E-state index in [1.54, 1.807) is 37.3 Å². The second-order valence-electron chi connectivity index (χ2n) is 5.59. The van der Waals surface area contributed by atoms with E-state index in [4.69, 9.17) is 23.2 Å². The lowest BCUT2D eigenvalue weighted by molar-refractivity contribution is 0.101. The number of carbonyl (C=O) groups is 1. The molecule has 0 unspecified atom stereocenters. The molecule has 0 saturated heterocycles. The molecule has 2 aromatic carbocycles. The quantitative estimate of drug-likeness (QED) is 0.560. The van der Waals surface area contributed by atoms with Crippen molar-refractivity contribution in [3.05, 3.63) is 80.2 Å². The van der Waals surface area contributed by atoms with Crippen LogP contribution >= 0.6 is 35.0 Å². The summed E-state index contributed by atoms with van der Waals surface area (Å²) in [5.74, 6) is -0.223. The molecule has 0 aliphatic heterocycles. The lowest BCUT2D eigenvalue weighted by atomic mass is 10.2. The minimum absolute atomic E-state index is 0.223. The average molecular weight is 405 g/mol. The number of Topliss-reactive ketones (excluding diaryl/α,β-unsaturated/α-hetero) is 1. The highest BCUT2D eigenvalue weighted by Crippen LogP contribution is 2.33. The third-order valence-electron chi connectivity index (χ3n) is 3.72. The van der Waals surface area contributed by atoms with Crippen molar-refractivity contribution in [2.45, 2.75) is 23.6 Å². The molecule has 1 aromatic heterocycles. The van der Waals surface area contributed by atoms with Gasteiger partial charge < -0.3 is 0 Å². The van der Waals surface area contributed by atoms with Gasteiger partial charge in [-0.15, -0.1) is 0 Å². The van der Waals surface area contributed by atoms with Gasteiger partial charge in [0.1, 0.15) is 5.69 Å². The van der Waals surface area contributed by atoms with E-state index in [1.807, 2.05) is 18.2 Å². The lowest BCUT2D eigenvalue weighted by Crippen LogP contribution is -2.26. The molecular formula is C19H14Cl2N2O2S. The molecule has 3 rings (SSSR count). The zero-order valence-electron chi connectivity index (χ0n) is 14.0. The predicted octanol–water partition coefficient (Wildman–Crippen LogP) is 5.20. The first-order valence-corrected chi connectivity index (χ1v) is 9.29. The first-order chi connectivity index (χ1) is 12.4. The van der Waals surface area contributed by atoms with Crippen molar-refractivity contribution in [3.63, 3.8) is 0 Å². The zero-order valence-corrected chi connectivity index (χ0v) is 16.3. The Hall–Kier alpha value is -2.08. The highest BCUT2D eigenvalue weighted by molar-refractivity contribution is 7.99. The third kappa shape index (κ3) is 3.70. The number of benzene rings is 2. The van der Waals surface area contributed by atoms with Gasteiger partial charge in [-0.3, -0.25) is 9.59 Å². The van der Waals surface area contributed by atoms with Crippen molar-refractivity contribution < 1.29 is 4.79 Å². The summed E-state index contributed by atoms with van der Waals surface area (Å²) in [6.45, 7) is 3.14. The van der Waals surface area contributed by atoms with Crippen molar-refractivity contribution in [2.75, 3.05) is 0 Å². The normalized spacial score (nSPS) is 10.8. The van der Waals surface area contributed by atoms with Crippen molar-refractivity contribution in [2.24, 2.45) is 0 Å². The Labute approximate surface area is 164 Å². The summed E-state index contributed by atoms with van der Waals surface area (Å²) < 4.78 is 1.20. The molecule has 132 valence electrons. The predicted molar refractivity (Wildman–Crippen MR) is 105 cm³/mol. The summed E-state index contributed by atoms with van der Waals surface area (Å²) in [5.41, 5.74) is 0.926.